The van der Waals surface area contributed by atoms with E-state index < -0.39 is 0 Å². The first-order chi connectivity index (χ1) is 11.7. The van der Waals surface area contributed by atoms with E-state index in [4.69, 9.17) is 9.47 Å². The van der Waals surface area contributed by atoms with E-state index >= 15 is 0 Å². The summed E-state index contributed by atoms with van der Waals surface area (Å²) in [5.41, 5.74) is 3.10. The summed E-state index contributed by atoms with van der Waals surface area (Å²) in [6, 6.07) is 3.91. The molecule has 136 valence electrons. The minimum absolute atomic E-state index is 0.00509. The maximum atomic E-state index is 12.9. The second-order valence-corrected chi connectivity index (χ2v) is 8.08. The van der Waals surface area contributed by atoms with Gasteiger partial charge in [-0.1, -0.05) is 25.5 Å². The van der Waals surface area contributed by atoms with E-state index in [2.05, 4.69) is 46.0 Å². The number of hydrogen-bond donors (Lipinski definition) is 1. The number of anilines is 1. The molecular formula is C21H29NO3. The maximum Gasteiger partial charge on any atom is 0.228 e. The van der Waals surface area contributed by atoms with Gasteiger partial charge < -0.3 is 14.8 Å². The lowest BCUT2D eigenvalue weighted by molar-refractivity contribution is -0.118. The summed E-state index contributed by atoms with van der Waals surface area (Å²) in [6.45, 7) is 13.0. The number of benzene rings is 1. The average Bonchev–Trinajstić information content (AvgIpc) is 2.84. The number of fused-ring (bicyclic) bond motifs is 1. The predicted octanol–water partition coefficient (Wildman–Crippen LogP) is 4.59. The smallest absolute Gasteiger partial charge is 0.228 e. The van der Waals surface area contributed by atoms with Gasteiger partial charge in [0, 0.05) is 18.1 Å². The third-order valence-electron chi connectivity index (χ3n) is 5.26. The monoisotopic (exact) mass is 343 g/mol. The zero-order chi connectivity index (χ0) is 18.4. The number of carbonyl (C=O) groups is 1. The molecular weight excluding hydrogens is 314 g/mol. The highest BCUT2D eigenvalue weighted by molar-refractivity contribution is 5.97. The maximum absolute atomic E-state index is 12.9. The van der Waals surface area contributed by atoms with Crippen LogP contribution in [0.5, 0.6) is 11.5 Å². The fraction of sp³-hybridized carbons (Fsp3) is 0.571. The summed E-state index contributed by atoms with van der Waals surface area (Å²) in [7, 11) is 0. The number of rotatable bonds is 5. The SMILES string of the molecule is CCOc1cc2c(cc1NC(=O)C1C(C=C(C)C)C1(C)C)OC(C)C2. The molecule has 3 atom stereocenters. The molecule has 3 rings (SSSR count). The number of amides is 1. The number of nitrogens with one attached hydrogen (secondary N) is 1. The molecule has 4 heteroatoms. The highest BCUT2D eigenvalue weighted by atomic mass is 16.5. The van der Waals surface area contributed by atoms with Crippen LogP contribution in [0.15, 0.2) is 23.8 Å². The minimum atomic E-state index is -0.00928. The largest absolute Gasteiger partial charge is 0.492 e. The minimum Gasteiger partial charge on any atom is -0.492 e. The van der Waals surface area contributed by atoms with Crippen LogP contribution in [0.2, 0.25) is 0 Å². The zero-order valence-electron chi connectivity index (χ0n) is 16.1. The molecule has 1 fully saturated rings. The van der Waals surface area contributed by atoms with Gasteiger partial charge in [0.15, 0.2) is 0 Å². The van der Waals surface area contributed by atoms with Gasteiger partial charge in [0.2, 0.25) is 5.91 Å². The van der Waals surface area contributed by atoms with E-state index in [1.807, 2.05) is 19.1 Å². The second-order valence-electron chi connectivity index (χ2n) is 8.08. The van der Waals surface area contributed by atoms with Gasteiger partial charge in [0.05, 0.1) is 18.2 Å². The zero-order valence-corrected chi connectivity index (χ0v) is 16.1. The summed E-state index contributed by atoms with van der Waals surface area (Å²) < 4.78 is 11.6. The van der Waals surface area contributed by atoms with Crippen LogP contribution in [0.3, 0.4) is 0 Å². The highest BCUT2D eigenvalue weighted by Gasteiger charge is 2.60. The van der Waals surface area contributed by atoms with Gasteiger partial charge >= 0.3 is 0 Å². The fourth-order valence-corrected chi connectivity index (χ4v) is 3.87. The van der Waals surface area contributed by atoms with Crippen molar-refractivity contribution in [3.8, 4) is 11.5 Å². The summed E-state index contributed by atoms with van der Waals surface area (Å²) in [6.07, 6.45) is 3.25. The van der Waals surface area contributed by atoms with Crippen molar-refractivity contribution in [3.63, 3.8) is 0 Å². The summed E-state index contributed by atoms with van der Waals surface area (Å²) in [5, 5.41) is 3.09. The predicted molar refractivity (Wildman–Crippen MR) is 100 cm³/mol. The molecule has 0 spiro atoms. The molecule has 1 amide bonds. The fourth-order valence-electron chi connectivity index (χ4n) is 3.87. The molecule has 1 heterocycles. The van der Waals surface area contributed by atoms with Crippen molar-refractivity contribution < 1.29 is 14.3 Å². The average molecular weight is 343 g/mol. The van der Waals surface area contributed by atoms with Crippen molar-refractivity contribution in [2.75, 3.05) is 11.9 Å². The van der Waals surface area contributed by atoms with E-state index in [0.29, 0.717) is 18.2 Å². The lowest BCUT2D eigenvalue weighted by atomic mass is 10.1. The molecule has 1 aromatic carbocycles. The summed E-state index contributed by atoms with van der Waals surface area (Å²) >= 11 is 0. The van der Waals surface area contributed by atoms with Crippen molar-refractivity contribution in [1.29, 1.82) is 0 Å². The lowest BCUT2D eigenvalue weighted by Gasteiger charge is -2.14. The van der Waals surface area contributed by atoms with Crippen molar-refractivity contribution in [1.82, 2.24) is 0 Å². The van der Waals surface area contributed by atoms with Crippen LogP contribution >= 0.6 is 0 Å². The van der Waals surface area contributed by atoms with Crippen LogP contribution in [0, 0.1) is 17.3 Å². The Hall–Kier alpha value is -1.97. The Morgan fingerprint density at radius 3 is 2.76 bits per heavy atom. The first-order valence-corrected chi connectivity index (χ1v) is 9.16. The van der Waals surface area contributed by atoms with E-state index in [1.54, 1.807) is 0 Å². The molecule has 0 bridgehead atoms. The number of allylic oxidation sites excluding steroid dienone is 2. The molecule has 3 unspecified atom stereocenters. The summed E-state index contributed by atoms with van der Waals surface area (Å²) in [4.78, 5) is 12.9. The van der Waals surface area contributed by atoms with E-state index in [9.17, 15) is 4.79 Å². The van der Waals surface area contributed by atoms with Gasteiger partial charge in [-0.3, -0.25) is 4.79 Å². The number of carbonyl (C=O) groups excluding carboxylic acids is 1. The normalized spacial score (nSPS) is 25.6. The van der Waals surface area contributed by atoms with Crippen molar-refractivity contribution in [3.05, 3.63) is 29.3 Å². The molecule has 1 N–H and O–H groups in total. The Balaban J connectivity index is 1.82. The van der Waals surface area contributed by atoms with Gasteiger partial charge in [-0.25, -0.2) is 0 Å². The van der Waals surface area contributed by atoms with E-state index in [1.165, 1.54) is 5.57 Å². The highest BCUT2D eigenvalue weighted by Crippen LogP contribution is 2.59. The van der Waals surface area contributed by atoms with Crippen molar-refractivity contribution in [2.45, 2.75) is 54.1 Å². The molecule has 1 saturated carbocycles. The number of hydrogen-bond acceptors (Lipinski definition) is 3. The molecule has 0 aromatic heterocycles. The van der Waals surface area contributed by atoms with Gasteiger partial charge in [-0.05, 0) is 45.1 Å². The van der Waals surface area contributed by atoms with Crippen LogP contribution in [0.4, 0.5) is 5.69 Å². The molecule has 0 saturated heterocycles. The first kappa shape index (κ1) is 17.8. The van der Waals surface area contributed by atoms with Gasteiger partial charge in [-0.2, -0.15) is 0 Å². The Labute approximate surface area is 150 Å². The molecule has 1 aromatic rings. The molecule has 25 heavy (non-hydrogen) atoms. The van der Waals surface area contributed by atoms with Gasteiger partial charge in [0.25, 0.3) is 0 Å². The van der Waals surface area contributed by atoms with Crippen LogP contribution < -0.4 is 14.8 Å². The van der Waals surface area contributed by atoms with Crippen LogP contribution in [-0.2, 0) is 11.2 Å². The van der Waals surface area contributed by atoms with Crippen LogP contribution in [0.1, 0.15) is 47.1 Å². The van der Waals surface area contributed by atoms with Crippen molar-refractivity contribution >= 4 is 11.6 Å². The third kappa shape index (κ3) is 3.39. The molecule has 0 radical (unpaired) electrons. The Morgan fingerprint density at radius 1 is 1.40 bits per heavy atom. The van der Waals surface area contributed by atoms with Gasteiger partial charge in [0.1, 0.15) is 17.6 Å². The van der Waals surface area contributed by atoms with E-state index in [-0.39, 0.29) is 23.3 Å². The summed E-state index contributed by atoms with van der Waals surface area (Å²) in [5.74, 6) is 1.91. The first-order valence-electron chi connectivity index (χ1n) is 9.16. The molecule has 4 nitrogen and oxygen atoms in total. The second kappa shape index (κ2) is 6.40. The Bertz CT molecular complexity index is 716. The van der Waals surface area contributed by atoms with Crippen LogP contribution in [0.25, 0.3) is 0 Å². The van der Waals surface area contributed by atoms with Gasteiger partial charge in [-0.15, -0.1) is 0 Å². The topological polar surface area (TPSA) is 47.6 Å². The Kier molecular flexibility index (Phi) is 4.56. The quantitative estimate of drug-likeness (QED) is 0.796. The Morgan fingerprint density at radius 2 is 2.12 bits per heavy atom. The standard InChI is InChI=1S/C21H29NO3/c1-7-24-18-10-14-9-13(4)25-17(14)11-16(18)22-20(23)19-15(8-12(2)3)21(19,5)6/h8,10-11,13,15,19H,7,9H2,1-6H3,(H,22,23). The number of ether oxygens (including phenoxy) is 2. The molecule has 1 aliphatic heterocycles. The van der Waals surface area contributed by atoms with Crippen molar-refractivity contribution in [2.24, 2.45) is 17.3 Å². The van der Waals surface area contributed by atoms with E-state index in [0.717, 1.165) is 23.5 Å². The lowest BCUT2D eigenvalue weighted by Crippen LogP contribution is -2.17. The molecule has 1 aliphatic carbocycles. The van der Waals surface area contributed by atoms with Crippen LogP contribution in [-0.4, -0.2) is 18.6 Å². The molecule has 2 aliphatic rings. The third-order valence-corrected chi connectivity index (χ3v) is 5.26.